The van der Waals surface area contributed by atoms with Crippen molar-refractivity contribution in [2.45, 2.75) is 26.7 Å². The number of allylic oxidation sites excluding steroid dienone is 3. The molecule has 0 radical (unpaired) electrons. The molecule has 0 atom stereocenters. The van der Waals surface area contributed by atoms with Crippen LogP contribution in [-0.4, -0.2) is 25.0 Å². The number of hydrogen-bond acceptors (Lipinski definition) is 1. The molecule has 0 spiro atoms. The zero-order valence-corrected chi connectivity index (χ0v) is 9.14. The molecule has 0 N–H and O–H groups in total. The van der Waals surface area contributed by atoms with Crippen LogP contribution in [0, 0.1) is 5.92 Å². The molecule has 0 aromatic heterocycles. The van der Waals surface area contributed by atoms with Gasteiger partial charge in [-0.05, 0) is 52.7 Å². The van der Waals surface area contributed by atoms with Crippen molar-refractivity contribution in [1.29, 1.82) is 0 Å². The van der Waals surface area contributed by atoms with Crippen molar-refractivity contribution in [3.05, 3.63) is 23.8 Å². The van der Waals surface area contributed by atoms with Crippen molar-refractivity contribution in [1.82, 2.24) is 4.90 Å². The summed E-state index contributed by atoms with van der Waals surface area (Å²) in [4.78, 5) is 2.40. The van der Waals surface area contributed by atoms with Crippen LogP contribution in [0.4, 0.5) is 0 Å². The van der Waals surface area contributed by atoms with E-state index < -0.39 is 0 Å². The van der Waals surface area contributed by atoms with Crippen LogP contribution in [0.5, 0.6) is 0 Å². The number of piperidine rings is 1. The average molecular weight is 179 g/mol. The van der Waals surface area contributed by atoms with Gasteiger partial charge in [-0.15, -0.1) is 0 Å². The van der Waals surface area contributed by atoms with Gasteiger partial charge in [0.15, 0.2) is 0 Å². The van der Waals surface area contributed by atoms with Gasteiger partial charge in [-0.25, -0.2) is 0 Å². The highest BCUT2D eigenvalue weighted by Crippen LogP contribution is 2.24. The Hall–Kier alpha value is -0.560. The Labute approximate surface area is 82.1 Å². The predicted octanol–water partition coefficient (Wildman–Crippen LogP) is 2.85. The first kappa shape index (κ1) is 10.5. The first-order chi connectivity index (χ1) is 6.09. The number of hydrogen-bond donors (Lipinski definition) is 0. The zero-order valence-electron chi connectivity index (χ0n) is 9.14. The normalized spacial score (nSPS) is 19.9. The fourth-order valence-corrected chi connectivity index (χ4v) is 1.87. The molecule has 0 amide bonds. The Bertz CT molecular complexity index is 203. The van der Waals surface area contributed by atoms with Gasteiger partial charge in [-0.3, -0.25) is 0 Å². The molecule has 1 aliphatic heterocycles. The lowest BCUT2D eigenvalue weighted by Crippen LogP contribution is -2.30. The molecule has 1 heteroatoms. The number of likely N-dealkylation sites (tertiary alicyclic amines) is 1. The largest absolute Gasteiger partial charge is 0.306 e. The summed E-state index contributed by atoms with van der Waals surface area (Å²) in [6.07, 6.45) is 4.79. The quantitative estimate of drug-likeness (QED) is 0.589. The maximum atomic E-state index is 4.15. The van der Waals surface area contributed by atoms with E-state index in [1.807, 2.05) is 0 Å². The van der Waals surface area contributed by atoms with Gasteiger partial charge in [0.05, 0.1) is 0 Å². The summed E-state index contributed by atoms with van der Waals surface area (Å²) in [5, 5.41) is 0. The van der Waals surface area contributed by atoms with Gasteiger partial charge in [0.1, 0.15) is 0 Å². The molecule has 74 valence electrons. The Balaban J connectivity index is 2.45. The smallest absolute Gasteiger partial charge is 0.00160 e. The highest BCUT2D eigenvalue weighted by atomic mass is 15.1. The molecule has 0 aromatic rings. The van der Waals surface area contributed by atoms with E-state index in [0.29, 0.717) is 0 Å². The minimum Gasteiger partial charge on any atom is -0.306 e. The van der Waals surface area contributed by atoms with E-state index in [1.54, 1.807) is 0 Å². The van der Waals surface area contributed by atoms with E-state index in [-0.39, 0.29) is 0 Å². The van der Waals surface area contributed by atoms with Crippen LogP contribution < -0.4 is 0 Å². The minimum atomic E-state index is 0.728. The van der Waals surface area contributed by atoms with Gasteiger partial charge >= 0.3 is 0 Å². The van der Waals surface area contributed by atoms with E-state index in [0.717, 1.165) is 5.92 Å². The molecule has 1 saturated heterocycles. The van der Waals surface area contributed by atoms with Gasteiger partial charge < -0.3 is 4.90 Å². The summed E-state index contributed by atoms with van der Waals surface area (Å²) >= 11 is 0. The third-order valence-electron chi connectivity index (χ3n) is 2.72. The van der Waals surface area contributed by atoms with Gasteiger partial charge in [0.2, 0.25) is 0 Å². The summed E-state index contributed by atoms with van der Waals surface area (Å²) in [6, 6.07) is 0. The third kappa shape index (κ3) is 3.35. The number of nitrogens with zero attached hydrogens (tertiary/aromatic N) is 1. The fourth-order valence-electron chi connectivity index (χ4n) is 1.87. The molecule has 0 saturated carbocycles. The summed E-state index contributed by atoms with van der Waals surface area (Å²) in [5.41, 5.74) is 2.69. The summed E-state index contributed by atoms with van der Waals surface area (Å²) in [5.74, 6) is 0.728. The summed E-state index contributed by atoms with van der Waals surface area (Å²) < 4.78 is 0. The van der Waals surface area contributed by atoms with Crippen LogP contribution in [0.3, 0.4) is 0 Å². The van der Waals surface area contributed by atoms with Crippen molar-refractivity contribution in [2.75, 3.05) is 20.1 Å². The molecule has 13 heavy (non-hydrogen) atoms. The van der Waals surface area contributed by atoms with Crippen molar-refractivity contribution in [3.8, 4) is 0 Å². The van der Waals surface area contributed by atoms with Crippen LogP contribution in [-0.2, 0) is 0 Å². The van der Waals surface area contributed by atoms with Gasteiger partial charge in [-0.1, -0.05) is 23.8 Å². The first-order valence-corrected chi connectivity index (χ1v) is 5.12. The monoisotopic (exact) mass is 179 g/mol. The van der Waals surface area contributed by atoms with Crippen LogP contribution in [0.25, 0.3) is 0 Å². The van der Waals surface area contributed by atoms with E-state index in [9.17, 15) is 0 Å². The molecule has 0 aromatic carbocycles. The second kappa shape index (κ2) is 4.61. The Morgan fingerprint density at radius 3 is 2.31 bits per heavy atom. The SMILES string of the molecule is C=C(C=C(C)C)C1CCN(C)CC1. The van der Waals surface area contributed by atoms with Crippen LogP contribution in [0.1, 0.15) is 26.7 Å². The molecule has 0 unspecified atom stereocenters. The van der Waals surface area contributed by atoms with E-state index in [2.05, 4.69) is 38.5 Å². The standard InChI is InChI=1S/C12H21N/c1-10(2)9-11(3)12-5-7-13(4)8-6-12/h9,12H,3,5-8H2,1-2,4H3. The third-order valence-corrected chi connectivity index (χ3v) is 2.72. The molecule has 0 aliphatic carbocycles. The molecule has 0 bridgehead atoms. The van der Waals surface area contributed by atoms with Gasteiger partial charge in [0.25, 0.3) is 0 Å². The summed E-state index contributed by atoms with van der Waals surface area (Å²) in [7, 11) is 2.19. The molecule has 1 rings (SSSR count). The minimum absolute atomic E-state index is 0.728. The number of rotatable bonds is 2. The van der Waals surface area contributed by atoms with Crippen LogP contribution >= 0.6 is 0 Å². The second-order valence-corrected chi connectivity index (χ2v) is 4.37. The Morgan fingerprint density at radius 2 is 1.85 bits per heavy atom. The van der Waals surface area contributed by atoms with Crippen molar-refractivity contribution in [2.24, 2.45) is 5.92 Å². The molecule has 1 fully saturated rings. The Kier molecular flexibility index (Phi) is 3.73. The van der Waals surface area contributed by atoms with Crippen LogP contribution in [0.15, 0.2) is 23.8 Å². The molecular weight excluding hydrogens is 158 g/mol. The average Bonchev–Trinajstić information content (AvgIpc) is 2.04. The lowest BCUT2D eigenvalue weighted by Gasteiger charge is -2.29. The maximum absolute atomic E-state index is 4.15. The maximum Gasteiger partial charge on any atom is -0.00160 e. The lowest BCUT2D eigenvalue weighted by atomic mass is 9.89. The lowest BCUT2D eigenvalue weighted by molar-refractivity contribution is 0.240. The topological polar surface area (TPSA) is 3.24 Å². The summed E-state index contributed by atoms with van der Waals surface area (Å²) in [6.45, 7) is 10.9. The highest BCUT2D eigenvalue weighted by molar-refractivity contribution is 5.21. The molecular formula is C12H21N. The van der Waals surface area contributed by atoms with E-state index in [1.165, 1.54) is 37.1 Å². The van der Waals surface area contributed by atoms with Crippen LogP contribution in [0.2, 0.25) is 0 Å². The van der Waals surface area contributed by atoms with Gasteiger partial charge in [0, 0.05) is 0 Å². The van der Waals surface area contributed by atoms with E-state index >= 15 is 0 Å². The second-order valence-electron chi connectivity index (χ2n) is 4.37. The fraction of sp³-hybridized carbons (Fsp3) is 0.667. The van der Waals surface area contributed by atoms with E-state index in [4.69, 9.17) is 0 Å². The molecule has 1 aliphatic rings. The van der Waals surface area contributed by atoms with Crippen molar-refractivity contribution in [3.63, 3.8) is 0 Å². The van der Waals surface area contributed by atoms with Gasteiger partial charge in [-0.2, -0.15) is 0 Å². The molecule has 1 heterocycles. The predicted molar refractivity (Wildman–Crippen MR) is 58.8 cm³/mol. The van der Waals surface area contributed by atoms with Crippen molar-refractivity contribution >= 4 is 0 Å². The Morgan fingerprint density at radius 1 is 1.31 bits per heavy atom. The molecule has 1 nitrogen and oxygen atoms in total. The van der Waals surface area contributed by atoms with Crippen molar-refractivity contribution < 1.29 is 0 Å². The first-order valence-electron chi connectivity index (χ1n) is 5.12. The highest BCUT2D eigenvalue weighted by Gasteiger charge is 2.17. The zero-order chi connectivity index (χ0) is 9.84.